The van der Waals surface area contributed by atoms with Crippen molar-refractivity contribution in [1.29, 1.82) is 0 Å². The summed E-state index contributed by atoms with van der Waals surface area (Å²) in [5.41, 5.74) is 1.13. The van der Waals surface area contributed by atoms with Crippen LogP contribution in [0.5, 0.6) is 0 Å². The summed E-state index contributed by atoms with van der Waals surface area (Å²) in [6.07, 6.45) is 0.768. The molecule has 2 atom stereocenters. The van der Waals surface area contributed by atoms with Crippen LogP contribution in [-0.4, -0.2) is 17.7 Å². The summed E-state index contributed by atoms with van der Waals surface area (Å²) in [6.45, 7) is 1.13. The van der Waals surface area contributed by atoms with E-state index in [1.54, 1.807) is 0 Å². The molecule has 3 heteroatoms. The lowest BCUT2D eigenvalue weighted by molar-refractivity contribution is -0.139. The minimum absolute atomic E-state index is 0.166. The lowest BCUT2D eigenvalue weighted by Gasteiger charge is -2.02. The molecule has 1 aliphatic rings. The molecular weight excluding hydrogens is 192 g/mol. The Labute approximate surface area is 88.7 Å². The van der Waals surface area contributed by atoms with Crippen molar-refractivity contribution in [3.05, 3.63) is 35.9 Å². The highest BCUT2D eigenvalue weighted by Crippen LogP contribution is 2.38. The average Bonchev–Trinajstić information content (AvgIpc) is 2.99. The Kier molecular flexibility index (Phi) is 3.02. The second kappa shape index (κ2) is 4.45. The molecule has 80 valence electrons. The molecule has 0 saturated heterocycles. The van der Waals surface area contributed by atoms with Crippen LogP contribution in [0, 0.1) is 11.8 Å². The van der Waals surface area contributed by atoms with Crippen molar-refractivity contribution in [1.82, 2.24) is 0 Å². The maximum Gasteiger partial charge on any atom is 0.306 e. The van der Waals surface area contributed by atoms with Crippen molar-refractivity contribution in [2.45, 2.75) is 13.0 Å². The van der Waals surface area contributed by atoms with Crippen LogP contribution in [0.25, 0.3) is 0 Å². The number of carboxylic acid groups (broad SMARTS) is 1. The molecule has 0 radical (unpaired) electrons. The van der Waals surface area contributed by atoms with Crippen molar-refractivity contribution in [3.8, 4) is 0 Å². The van der Waals surface area contributed by atoms with Crippen LogP contribution in [0.15, 0.2) is 30.3 Å². The van der Waals surface area contributed by atoms with Gasteiger partial charge in [-0.3, -0.25) is 4.79 Å². The van der Waals surface area contributed by atoms with Gasteiger partial charge in [0, 0.05) is 0 Å². The topological polar surface area (TPSA) is 46.5 Å². The van der Waals surface area contributed by atoms with Gasteiger partial charge in [-0.05, 0) is 17.9 Å². The number of carboxylic acids is 1. The molecular formula is C12H14O3. The summed E-state index contributed by atoms with van der Waals surface area (Å²) in [5, 5.41) is 8.68. The second-order valence-corrected chi connectivity index (χ2v) is 3.94. The zero-order valence-electron chi connectivity index (χ0n) is 8.43. The summed E-state index contributed by atoms with van der Waals surface area (Å²) < 4.78 is 5.46. The van der Waals surface area contributed by atoms with Crippen molar-refractivity contribution < 1.29 is 14.6 Å². The first-order valence-electron chi connectivity index (χ1n) is 5.12. The molecule has 0 unspecified atom stereocenters. The molecule has 0 aromatic heterocycles. The van der Waals surface area contributed by atoms with E-state index < -0.39 is 5.97 Å². The van der Waals surface area contributed by atoms with Gasteiger partial charge in [0.15, 0.2) is 0 Å². The van der Waals surface area contributed by atoms with Crippen LogP contribution in [0.3, 0.4) is 0 Å². The van der Waals surface area contributed by atoms with Gasteiger partial charge in [-0.15, -0.1) is 0 Å². The van der Waals surface area contributed by atoms with E-state index in [4.69, 9.17) is 9.84 Å². The molecule has 1 fully saturated rings. The van der Waals surface area contributed by atoms with Gasteiger partial charge >= 0.3 is 5.97 Å². The summed E-state index contributed by atoms with van der Waals surface area (Å²) >= 11 is 0. The largest absolute Gasteiger partial charge is 0.481 e. The quantitative estimate of drug-likeness (QED) is 0.800. The molecule has 1 aliphatic carbocycles. The number of carbonyl (C=O) groups is 1. The molecule has 1 N–H and O–H groups in total. The van der Waals surface area contributed by atoms with Crippen LogP contribution in [-0.2, 0) is 16.1 Å². The number of hydrogen-bond acceptors (Lipinski definition) is 2. The van der Waals surface area contributed by atoms with Gasteiger partial charge in [-0.25, -0.2) is 0 Å². The molecule has 1 aromatic carbocycles. The molecule has 0 bridgehead atoms. The van der Waals surface area contributed by atoms with Gasteiger partial charge in [-0.1, -0.05) is 30.3 Å². The first-order valence-corrected chi connectivity index (χ1v) is 5.12. The number of rotatable bonds is 5. The van der Waals surface area contributed by atoms with E-state index >= 15 is 0 Å². The minimum Gasteiger partial charge on any atom is -0.481 e. The third-order valence-corrected chi connectivity index (χ3v) is 2.68. The average molecular weight is 206 g/mol. The zero-order valence-corrected chi connectivity index (χ0v) is 8.43. The summed E-state index contributed by atoms with van der Waals surface area (Å²) in [7, 11) is 0. The Morgan fingerprint density at radius 2 is 2.13 bits per heavy atom. The summed E-state index contributed by atoms with van der Waals surface area (Å²) in [6, 6.07) is 9.90. The Hall–Kier alpha value is -1.35. The van der Waals surface area contributed by atoms with Crippen LogP contribution in [0.4, 0.5) is 0 Å². The van der Waals surface area contributed by atoms with Gasteiger partial charge < -0.3 is 9.84 Å². The van der Waals surface area contributed by atoms with Gasteiger partial charge in [0.05, 0.1) is 19.1 Å². The highest BCUT2D eigenvalue weighted by Gasteiger charge is 2.43. The molecule has 0 spiro atoms. The number of hydrogen-bond donors (Lipinski definition) is 1. The number of aliphatic carboxylic acids is 1. The smallest absolute Gasteiger partial charge is 0.306 e. The van der Waals surface area contributed by atoms with E-state index in [0.29, 0.717) is 13.2 Å². The normalized spacial score (nSPS) is 23.7. The molecule has 15 heavy (non-hydrogen) atoms. The lowest BCUT2D eigenvalue weighted by atomic mass is 10.2. The van der Waals surface area contributed by atoms with E-state index in [9.17, 15) is 4.79 Å². The maximum atomic E-state index is 10.5. The Balaban J connectivity index is 1.67. The second-order valence-electron chi connectivity index (χ2n) is 3.94. The Morgan fingerprint density at radius 3 is 2.73 bits per heavy atom. The van der Waals surface area contributed by atoms with Crippen LogP contribution >= 0.6 is 0 Å². The summed E-state index contributed by atoms with van der Waals surface area (Å²) in [4.78, 5) is 10.5. The SMILES string of the molecule is O=C(O)[C@H]1C[C@@H]1COCc1ccccc1. The minimum atomic E-state index is -0.691. The number of benzene rings is 1. The Bertz CT molecular complexity index is 334. The highest BCUT2D eigenvalue weighted by molar-refractivity contribution is 5.73. The molecule has 1 saturated carbocycles. The maximum absolute atomic E-state index is 10.5. The monoisotopic (exact) mass is 206 g/mol. The predicted molar refractivity (Wildman–Crippen MR) is 55.3 cm³/mol. The lowest BCUT2D eigenvalue weighted by Crippen LogP contribution is -2.04. The van der Waals surface area contributed by atoms with Gasteiger partial charge in [-0.2, -0.15) is 0 Å². The first-order chi connectivity index (χ1) is 7.27. The third kappa shape index (κ3) is 2.80. The van der Waals surface area contributed by atoms with Gasteiger partial charge in [0.1, 0.15) is 0 Å². The molecule has 3 nitrogen and oxygen atoms in total. The molecule has 2 rings (SSSR count). The molecule has 0 heterocycles. The summed E-state index contributed by atoms with van der Waals surface area (Å²) in [5.74, 6) is -0.629. The fraction of sp³-hybridized carbons (Fsp3) is 0.417. The van der Waals surface area contributed by atoms with Crippen molar-refractivity contribution in [3.63, 3.8) is 0 Å². The van der Waals surface area contributed by atoms with Crippen molar-refractivity contribution in [2.24, 2.45) is 11.8 Å². The van der Waals surface area contributed by atoms with E-state index in [1.807, 2.05) is 30.3 Å². The zero-order chi connectivity index (χ0) is 10.7. The number of ether oxygens (including phenoxy) is 1. The molecule has 0 aliphatic heterocycles. The van der Waals surface area contributed by atoms with Crippen LogP contribution < -0.4 is 0 Å². The van der Waals surface area contributed by atoms with Crippen molar-refractivity contribution in [2.75, 3.05) is 6.61 Å². The van der Waals surface area contributed by atoms with Crippen LogP contribution in [0.1, 0.15) is 12.0 Å². The van der Waals surface area contributed by atoms with Gasteiger partial charge in [0.2, 0.25) is 0 Å². The Morgan fingerprint density at radius 1 is 1.40 bits per heavy atom. The van der Waals surface area contributed by atoms with E-state index in [-0.39, 0.29) is 11.8 Å². The fourth-order valence-electron chi connectivity index (χ4n) is 1.64. The highest BCUT2D eigenvalue weighted by atomic mass is 16.5. The fourth-order valence-corrected chi connectivity index (χ4v) is 1.64. The van der Waals surface area contributed by atoms with Crippen molar-refractivity contribution >= 4 is 5.97 Å². The van der Waals surface area contributed by atoms with E-state index in [2.05, 4.69) is 0 Å². The first kappa shape index (κ1) is 10.2. The third-order valence-electron chi connectivity index (χ3n) is 2.68. The van der Waals surface area contributed by atoms with E-state index in [0.717, 1.165) is 12.0 Å². The standard InChI is InChI=1S/C12H14O3/c13-12(14)11-6-10(11)8-15-7-9-4-2-1-3-5-9/h1-5,10-11H,6-8H2,(H,13,14)/t10-,11+/m1/s1. The van der Waals surface area contributed by atoms with Gasteiger partial charge in [0.25, 0.3) is 0 Å². The predicted octanol–water partition coefficient (Wildman–Crippen LogP) is 1.92. The van der Waals surface area contributed by atoms with E-state index in [1.165, 1.54) is 0 Å². The molecule has 0 amide bonds. The molecule has 1 aromatic rings. The van der Waals surface area contributed by atoms with Crippen LogP contribution in [0.2, 0.25) is 0 Å².